The van der Waals surface area contributed by atoms with E-state index >= 15 is 0 Å². The predicted octanol–water partition coefficient (Wildman–Crippen LogP) is 1.56. The molecule has 0 amide bonds. The predicted molar refractivity (Wildman–Crippen MR) is 63.6 cm³/mol. The minimum Gasteiger partial charge on any atom is -0.468 e. The maximum absolute atomic E-state index is 10.9. The van der Waals surface area contributed by atoms with Crippen molar-refractivity contribution in [2.45, 2.75) is 18.4 Å². The number of thioether (sulfide) groups is 1. The van der Waals surface area contributed by atoms with Crippen LogP contribution in [-0.2, 0) is 9.53 Å². The fourth-order valence-corrected chi connectivity index (χ4v) is 1.66. The molecule has 1 aromatic rings. The van der Waals surface area contributed by atoms with Gasteiger partial charge in [-0.15, -0.1) is 0 Å². The average molecular weight is 241 g/mol. The lowest BCUT2D eigenvalue weighted by Crippen LogP contribution is -2.04. The highest BCUT2D eigenvalue weighted by Gasteiger charge is 2.04. The molecule has 1 N–H and O–H groups in total. The minimum absolute atomic E-state index is 0.258. The van der Waals surface area contributed by atoms with E-state index in [0.717, 1.165) is 23.8 Å². The monoisotopic (exact) mass is 241 g/mol. The number of ether oxygens (including phenoxy) is 1. The smallest absolute Gasteiger partial charge is 0.316 e. The van der Waals surface area contributed by atoms with Gasteiger partial charge in [0.2, 0.25) is 0 Å². The molecule has 0 bridgehead atoms. The lowest BCUT2D eigenvalue weighted by molar-refractivity contribution is -0.137. The number of hydrogen-bond acceptors (Lipinski definition) is 6. The fourth-order valence-electron chi connectivity index (χ4n) is 0.960. The normalized spacial score (nSPS) is 9.88. The summed E-state index contributed by atoms with van der Waals surface area (Å²) in [6.07, 6.45) is 2.52. The van der Waals surface area contributed by atoms with Gasteiger partial charge in [0.05, 0.1) is 12.9 Å². The second-order valence-corrected chi connectivity index (χ2v) is 4.03. The van der Waals surface area contributed by atoms with E-state index in [1.54, 1.807) is 0 Å². The second-order valence-electron chi connectivity index (χ2n) is 3.03. The SMILES string of the molecule is CCCNc1cc(SCC(=O)OC)ncn1. The molecule has 0 aromatic carbocycles. The van der Waals surface area contributed by atoms with Gasteiger partial charge in [0, 0.05) is 12.6 Å². The number of methoxy groups -OCH3 is 1. The van der Waals surface area contributed by atoms with E-state index in [9.17, 15) is 4.79 Å². The molecule has 1 aromatic heterocycles. The molecule has 0 aliphatic carbocycles. The summed E-state index contributed by atoms with van der Waals surface area (Å²) in [5.41, 5.74) is 0. The number of nitrogens with zero attached hydrogens (tertiary/aromatic N) is 2. The van der Waals surface area contributed by atoms with Crippen LogP contribution < -0.4 is 5.32 Å². The van der Waals surface area contributed by atoms with E-state index in [4.69, 9.17) is 0 Å². The molecule has 5 nitrogen and oxygen atoms in total. The van der Waals surface area contributed by atoms with Gasteiger partial charge in [0.1, 0.15) is 17.2 Å². The number of carbonyl (C=O) groups is 1. The number of rotatable bonds is 6. The Morgan fingerprint density at radius 1 is 1.56 bits per heavy atom. The average Bonchev–Trinajstić information content (AvgIpc) is 2.34. The Labute approximate surface area is 99.0 Å². The first-order valence-electron chi connectivity index (χ1n) is 5.01. The molecule has 0 fully saturated rings. The molecule has 0 aliphatic rings. The fraction of sp³-hybridized carbons (Fsp3) is 0.500. The van der Waals surface area contributed by atoms with E-state index in [1.807, 2.05) is 6.07 Å². The molecule has 0 saturated carbocycles. The van der Waals surface area contributed by atoms with Crippen LogP contribution in [0.1, 0.15) is 13.3 Å². The third-order valence-corrected chi connectivity index (χ3v) is 2.66. The first-order chi connectivity index (χ1) is 7.76. The topological polar surface area (TPSA) is 64.1 Å². The van der Waals surface area contributed by atoms with Crippen molar-refractivity contribution in [2.24, 2.45) is 0 Å². The highest BCUT2D eigenvalue weighted by molar-refractivity contribution is 7.99. The van der Waals surface area contributed by atoms with Crippen molar-refractivity contribution in [3.05, 3.63) is 12.4 Å². The standard InChI is InChI=1S/C10H15N3O2S/c1-3-4-11-8-5-9(13-7-12-8)16-6-10(14)15-2/h5,7H,3-4,6H2,1-2H3,(H,11,12,13). The van der Waals surface area contributed by atoms with Crippen LogP contribution in [-0.4, -0.2) is 35.3 Å². The number of anilines is 1. The molecule has 0 aliphatic heterocycles. The third-order valence-electron chi connectivity index (χ3n) is 1.76. The summed E-state index contributed by atoms with van der Waals surface area (Å²) < 4.78 is 4.55. The first-order valence-corrected chi connectivity index (χ1v) is 6.00. The van der Waals surface area contributed by atoms with Crippen LogP contribution in [0.25, 0.3) is 0 Å². The quantitative estimate of drug-likeness (QED) is 0.463. The highest BCUT2D eigenvalue weighted by atomic mass is 32.2. The Kier molecular flexibility index (Phi) is 5.63. The Morgan fingerprint density at radius 2 is 2.38 bits per heavy atom. The number of aromatic nitrogens is 2. The Morgan fingerprint density at radius 3 is 3.06 bits per heavy atom. The largest absolute Gasteiger partial charge is 0.468 e. The highest BCUT2D eigenvalue weighted by Crippen LogP contribution is 2.17. The van der Waals surface area contributed by atoms with E-state index in [1.165, 1.54) is 25.2 Å². The summed E-state index contributed by atoms with van der Waals surface area (Å²) in [4.78, 5) is 19.1. The summed E-state index contributed by atoms with van der Waals surface area (Å²) in [5, 5.41) is 3.92. The minimum atomic E-state index is -0.258. The van der Waals surface area contributed by atoms with Gasteiger partial charge in [-0.2, -0.15) is 0 Å². The number of hydrogen-bond donors (Lipinski definition) is 1. The summed E-state index contributed by atoms with van der Waals surface area (Å²) in [7, 11) is 1.37. The van der Waals surface area contributed by atoms with Gasteiger partial charge in [-0.1, -0.05) is 18.7 Å². The van der Waals surface area contributed by atoms with Crippen LogP contribution in [0.15, 0.2) is 17.4 Å². The molecule has 0 saturated heterocycles. The first kappa shape index (κ1) is 12.8. The zero-order valence-electron chi connectivity index (χ0n) is 9.40. The maximum Gasteiger partial charge on any atom is 0.316 e. The van der Waals surface area contributed by atoms with Gasteiger partial charge in [0.15, 0.2) is 0 Å². The maximum atomic E-state index is 10.9. The lowest BCUT2D eigenvalue weighted by atomic mass is 10.4. The van der Waals surface area contributed by atoms with Crippen molar-refractivity contribution in [2.75, 3.05) is 24.7 Å². The van der Waals surface area contributed by atoms with Crippen LogP contribution in [0.5, 0.6) is 0 Å². The molecule has 6 heteroatoms. The van der Waals surface area contributed by atoms with Crippen LogP contribution in [0.2, 0.25) is 0 Å². The lowest BCUT2D eigenvalue weighted by Gasteiger charge is -2.04. The van der Waals surface area contributed by atoms with Crippen molar-refractivity contribution in [3.8, 4) is 0 Å². The van der Waals surface area contributed by atoms with Gasteiger partial charge >= 0.3 is 5.97 Å². The van der Waals surface area contributed by atoms with Crippen LogP contribution in [0, 0.1) is 0 Å². The Hall–Kier alpha value is -1.30. The molecule has 0 radical (unpaired) electrons. The molecule has 1 rings (SSSR count). The summed E-state index contributed by atoms with van der Waals surface area (Å²) >= 11 is 1.34. The molecule has 0 atom stereocenters. The molecule has 16 heavy (non-hydrogen) atoms. The van der Waals surface area contributed by atoms with Gasteiger partial charge in [-0.25, -0.2) is 9.97 Å². The van der Waals surface area contributed by atoms with Gasteiger partial charge in [0.25, 0.3) is 0 Å². The molecular weight excluding hydrogens is 226 g/mol. The second kappa shape index (κ2) is 7.05. The Bertz CT molecular complexity index is 347. The molecule has 88 valence electrons. The zero-order chi connectivity index (χ0) is 11.8. The molecule has 0 unspecified atom stereocenters. The van der Waals surface area contributed by atoms with Crippen LogP contribution in [0.4, 0.5) is 5.82 Å². The van der Waals surface area contributed by atoms with E-state index in [-0.39, 0.29) is 11.7 Å². The molecule has 0 spiro atoms. The van der Waals surface area contributed by atoms with Crippen molar-refractivity contribution >= 4 is 23.5 Å². The van der Waals surface area contributed by atoms with E-state index in [2.05, 4.69) is 26.9 Å². The van der Waals surface area contributed by atoms with Crippen molar-refractivity contribution in [3.63, 3.8) is 0 Å². The van der Waals surface area contributed by atoms with Gasteiger partial charge in [-0.3, -0.25) is 4.79 Å². The zero-order valence-corrected chi connectivity index (χ0v) is 10.2. The summed E-state index contributed by atoms with van der Waals surface area (Å²) in [5.74, 6) is 0.789. The van der Waals surface area contributed by atoms with Crippen LogP contribution >= 0.6 is 11.8 Å². The van der Waals surface area contributed by atoms with E-state index in [0.29, 0.717) is 0 Å². The van der Waals surface area contributed by atoms with Crippen molar-refractivity contribution < 1.29 is 9.53 Å². The third kappa shape index (κ3) is 4.48. The summed E-state index contributed by atoms with van der Waals surface area (Å²) in [6, 6.07) is 1.82. The van der Waals surface area contributed by atoms with Gasteiger partial charge < -0.3 is 10.1 Å². The van der Waals surface area contributed by atoms with E-state index < -0.39 is 0 Å². The molecule has 1 heterocycles. The number of carbonyl (C=O) groups excluding carboxylic acids is 1. The number of esters is 1. The van der Waals surface area contributed by atoms with Crippen molar-refractivity contribution in [1.29, 1.82) is 0 Å². The number of nitrogens with one attached hydrogen (secondary N) is 1. The Balaban J connectivity index is 2.50. The van der Waals surface area contributed by atoms with Crippen molar-refractivity contribution in [1.82, 2.24) is 9.97 Å². The van der Waals surface area contributed by atoms with Gasteiger partial charge in [-0.05, 0) is 6.42 Å². The van der Waals surface area contributed by atoms with Crippen LogP contribution in [0.3, 0.4) is 0 Å². The molecular formula is C10H15N3O2S. The summed E-state index contributed by atoms with van der Waals surface area (Å²) in [6.45, 7) is 2.96.